The number of quaternary nitrogens is 1. The fourth-order valence-corrected chi connectivity index (χ4v) is 4.07. The van der Waals surface area contributed by atoms with Crippen LogP contribution in [0.3, 0.4) is 0 Å². The molecule has 28 heavy (non-hydrogen) atoms. The number of nitrogens with zero attached hydrogens (tertiary/aromatic N) is 1. The van der Waals surface area contributed by atoms with Crippen LogP contribution in [0.1, 0.15) is 45.1 Å². The summed E-state index contributed by atoms with van der Waals surface area (Å²) >= 11 is 0. The first-order valence-electron chi connectivity index (χ1n) is 10.8. The van der Waals surface area contributed by atoms with Gasteiger partial charge in [-0.25, -0.2) is 0 Å². The van der Waals surface area contributed by atoms with Crippen LogP contribution in [0.5, 0.6) is 0 Å². The van der Waals surface area contributed by atoms with Crippen LogP contribution < -0.4 is 4.48 Å². The van der Waals surface area contributed by atoms with Crippen LogP contribution in [0.25, 0.3) is 11.1 Å². The zero-order chi connectivity index (χ0) is 19.7. The molecule has 0 atom stereocenters. The van der Waals surface area contributed by atoms with Crippen LogP contribution in [0, 0.1) is 0 Å². The molecule has 0 heterocycles. The SMILES string of the molecule is CCCC[N+](CCCC)(Cc1ccccc1)c1ccc(-c2ccccc2)cc1. The lowest BCUT2D eigenvalue weighted by Crippen LogP contribution is -2.50. The van der Waals surface area contributed by atoms with Crippen molar-refractivity contribution in [1.29, 1.82) is 0 Å². The molecule has 0 saturated heterocycles. The Balaban J connectivity index is 1.96. The fraction of sp³-hybridized carbons (Fsp3) is 0.333. The number of hydrogen-bond donors (Lipinski definition) is 0. The molecule has 1 nitrogen and oxygen atoms in total. The third kappa shape index (κ3) is 5.11. The maximum atomic E-state index is 2.37. The highest BCUT2D eigenvalue weighted by atomic mass is 15.4. The zero-order valence-electron chi connectivity index (χ0n) is 17.5. The van der Waals surface area contributed by atoms with Crippen LogP contribution in [0.4, 0.5) is 5.69 Å². The van der Waals surface area contributed by atoms with Gasteiger partial charge in [0.25, 0.3) is 0 Å². The first-order valence-corrected chi connectivity index (χ1v) is 10.8. The van der Waals surface area contributed by atoms with E-state index in [1.807, 2.05) is 0 Å². The highest BCUT2D eigenvalue weighted by Crippen LogP contribution is 2.31. The molecule has 0 saturated carbocycles. The zero-order valence-corrected chi connectivity index (χ0v) is 17.5. The largest absolute Gasteiger partial charge is 0.287 e. The molecule has 0 aliphatic rings. The molecule has 0 bridgehead atoms. The quantitative estimate of drug-likeness (QED) is 0.324. The molecule has 3 aromatic carbocycles. The predicted molar refractivity (Wildman–Crippen MR) is 123 cm³/mol. The second-order valence-corrected chi connectivity index (χ2v) is 7.86. The molecular formula is C27H34N+. The molecule has 0 unspecified atom stereocenters. The Morgan fingerprint density at radius 3 is 1.61 bits per heavy atom. The summed E-state index contributed by atoms with van der Waals surface area (Å²) in [5, 5.41) is 0. The Morgan fingerprint density at radius 1 is 0.571 bits per heavy atom. The van der Waals surface area contributed by atoms with Crippen molar-refractivity contribution in [2.24, 2.45) is 0 Å². The molecule has 0 N–H and O–H groups in total. The maximum absolute atomic E-state index is 2.37. The predicted octanol–water partition coefficient (Wildman–Crippen LogP) is 7.46. The minimum atomic E-state index is 1.06. The summed E-state index contributed by atoms with van der Waals surface area (Å²) in [7, 11) is 0. The van der Waals surface area contributed by atoms with Crippen molar-refractivity contribution in [2.45, 2.75) is 46.1 Å². The van der Waals surface area contributed by atoms with Gasteiger partial charge < -0.3 is 0 Å². The van der Waals surface area contributed by atoms with Crippen molar-refractivity contribution >= 4 is 5.69 Å². The molecule has 0 spiro atoms. The van der Waals surface area contributed by atoms with Crippen molar-refractivity contribution in [2.75, 3.05) is 13.1 Å². The smallest absolute Gasteiger partial charge is 0.133 e. The van der Waals surface area contributed by atoms with Gasteiger partial charge in [0, 0.05) is 5.56 Å². The lowest BCUT2D eigenvalue weighted by Gasteiger charge is -2.39. The lowest BCUT2D eigenvalue weighted by atomic mass is 10.0. The standard InChI is InChI=1S/C27H34N/c1-3-5-21-28(22-6-4-2,23-24-13-9-7-10-14-24)27-19-17-26(18-20-27)25-15-11-8-12-16-25/h7-20H,3-6,21-23H2,1-2H3/q+1. The van der Waals surface area contributed by atoms with Crippen LogP contribution in [-0.4, -0.2) is 13.1 Å². The summed E-state index contributed by atoms with van der Waals surface area (Å²) in [6, 6.07) is 31.1. The third-order valence-corrected chi connectivity index (χ3v) is 5.73. The van der Waals surface area contributed by atoms with Gasteiger partial charge in [0.1, 0.15) is 12.2 Å². The summed E-state index contributed by atoms with van der Waals surface area (Å²) in [6.45, 7) is 8.09. The van der Waals surface area contributed by atoms with Crippen LogP contribution in [0.2, 0.25) is 0 Å². The van der Waals surface area contributed by atoms with Gasteiger partial charge in [-0.15, -0.1) is 0 Å². The molecule has 0 aromatic heterocycles. The van der Waals surface area contributed by atoms with Crippen LogP contribution >= 0.6 is 0 Å². The average molecular weight is 373 g/mol. The molecule has 0 radical (unpaired) electrons. The summed E-state index contributed by atoms with van der Waals surface area (Å²) in [5.74, 6) is 0. The van der Waals surface area contributed by atoms with Gasteiger partial charge in [0.15, 0.2) is 0 Å². The van der Waals surface area contributed by atoms with Crippen molar-refractivity contribution in [3.8, 4) is 11.1 Å². The van der Waals surface area contributed by atoms with Gasteiger partial charge in [-0.05, 0) is 48.2 Å². The van der Waals surface area contributed by atoms with Crippen molar-refractivity contribution in [1.82, 2.24) is 4.48 Å². The van der Waals surface area contributed by atoms with E-state index in [0.29, 0.717) is 0 Å². The van der Waals surface area contributed by atoms with Crippen LogP contribution in [-0.2, 0) is 6.54 Å². The van der Waals surface area contributed by atoms with E-state index in [1.165, 1.54) is 61.2 Å². The summed E-state index contributed by atoms with van der Waals surface area (Å²) in [6.07, 6.45) is 5.00. The van der Waals surface area contributed by atoms with Gasteiger partial charge in [-0.3, -0.25) is 4.48 Å². The van der Waals surface area contributed by atoms with Crippen LogP contribution in [0.15, 0.2) is 84.9 Å². The highest BCUT2D eigenvalue weighted by Gasteiger charge is 2.29. The van der Waals surface area contributed by atoms with E-state index in [0.717, 1.165) is 11.0 Å². The normalized spacial score (nSPS) is 11.5. The van der Waals surface area contributed by atoms with Gasteiger partial charge >= 0.3 is 0 Å². The minimum Gasteiger partial charge on any atom is -0.287 e. The number of unbranched alkanes of at least 4 members (excludes halogenated alkanes) is 2. The first-order chi connectivity index (χ1) is 13.8. The summed E-state index contributed by atoms with van der Waals surface area (Å²) in [4.78, 5) is 0. The Labute approximate surface area is 171 Å². The molecule has 146 valence electrons. The van der Waals surface area contributed by atoms with Crippen molar-refractivity contribution in [3.05, 3.63) is 90.5 Å². The second kappa shape index (κ2) is 10.2. The monoisotopic (exact) mass is 372 g/mol. The Hall–Kier alpha value is -2.38. The first kappa shape index (κ1) is 20.4. The van der Waals surface area contributed by atoms with E-state index in [1.54, 1.807) is 0 Å². The van der Waals surface area contributed by atoms with E-state index in [-0.39, 0.29) is 0 Å². The lowest BCUT2D eigenvalue weighted by molar-refractivity contribution is 0.255. The second-order valence-electron chi connectivity index (χ2n) is 7.86. The molecule has 0 fully saturated rings. The molecule has 0 aliphatic heterocycles. The molecule has 3 aromatic rings. The maximum Gasteiger partial charge on any atom is 0.133 e. The highest BCUT2D eigenvalue weighted by molar-refractivity contribution is 5.65. The molecular weight excluding hydrogens is 338 g/mol. The Morgan fingerprint density at radius 2 is 1.07 bits per heavy atom. The molecule has 1 heteroatoms. The van der Waals surface area contributed by atoms with E-state index in [9.17, 15) is 0 Å². The number of hydrogen-bond acceptors (Lipinski definition) is 0. The van der Waals surface area contributed by atoms with Crippen molar-refractivity contribution < 1.29 is 0 Å². The van der Waals surface area contributed by atoms with E-state index < -0.39 is 0 Å². The Kier molecular flexibility index (Phi) is 7.45. The average Bonchev–Trinajstić information content (AvgIpc) is 2.77. The van der Waals surface area contributed by atoms with Gasteiger partial charge in [0.05, 0.1) is 13.1 Å². The minimum absolute atomic E-state index is 1.06. The van der Waals surface area contributed by atoms with Crippen molar-refractivity contribution in [3.63, 3.8) is 0 Å². The molecule has 3 rings (SSSR count). The van der Waals surface area contributed by atoms with E-state index in [4.69, 9.17) is 0 Å². The third-order valence-electron chi connectivity index (χ3n) is 5.73. The molecule has 0 aliphatic carbocycles. The molecule has 0 amide bonds. The topological polar surface area (TPSA) is 0 Å². The summed E-state index contributed by atoms with van der Waals surface area (Å²) < 4.78 is 1.06. The fourth-order valence-electron chi connectivity index (χ4n) is 4.07. The summed E-state index contributed by atoms with van der Waals surface area (Å²) in [5.41, 5.74) is 5.47. The van der Waals surface area contributed by atoms with Gasteiger partial charge in [-0.1, -0.05) is 87.4 Å². The van der Waals surface area contributed by atoms with E-state index in [2.05, 4.69) is 98.8 Å². The van der Waals surface area contributed by atoms with Gasteiger partial charge in [0.2, 0.25) is 0 Å². The number of rotatable bonds is 10. The van der Waals surface area contributed by atoms with Gasteiger partial charge in [-0.2, -0.15) is 0 Å². The van der Waals surface area contributed by atoms with E-state index >= 15 is 0 Å². The Bertz CT molecular complexity index is 798. The number of benzene rings is 3.